The van der Waals surface area contributed by atoms with Crippen LogP contribution < -0.4 is 4.74 Å². The Morgan fingerprint density at radius 2 is 2.08 bits per heavy atom. The monoisotopic (exact) mass is 427 g/mol. The molecule has 1 aromatic carbocycles. The van der Waals surface area contributed by atoms with E-state index in [-0.39, 0.29) is 24.0 Å². The standard InChI is InChI=1S/C17H18BrNO5S/c1-10(2)9-24-15(20)8-19-16(21)14(25-17(19)22)7-11-6-12(18)4-5-13(11)23-3/h4-7,10H,8-9H2,1-3H3/b14-7+. The number of thioether (sulfide) groups is 1. The lowest BCUT2D eigenvalue weighted by Gasteiger charge is -2.12. The van der Waals surface area contributed by atoms with E-state index in [1.807, 2.05) is 19.9 Å². The first-order chi connectivity index (χ1) is 11.8. The van der Waals surface area contributed by atoms with Crippen molar-refractivity contribution in [2.75, 3.05) is 20.3 Å². The number of nitrogens with zero attached hydrogens (tertiary/aromatic N) is 1. The first-order valence-corrected chi connectivity index (χ1v) is 9.17. The summed E-state index contributed by atoms with van der Waals surface area (Å²) < 4.78 is 11.1. The molecule has 6 nitrogen and oxygen atoms in total. The lowest BCUT2D eigenvalue weighted by molar-refractivity contribution is -0.147. The molecular formula is C17H18BrNO5S. The molecule has 2 rings (SSSR count). The fourth-order valence-electron chi connectivity index (χ4n) is 2.03. The van der Waals surface area contributed by atoms with Crippen molar-refractivity contribution >= 4 is 50.9 Å². The fourth-order valence-corrected chi connectivity index (χ4v) is 3.24. The SMILES string of the molecule is COc1ccc(Br)cc1/C=C1/SC(=O)N(CC(=O)OCC(C)C)C1=O. The van der Waals surface area contributed by atoms with Gasteiger partial charge in [0.1, 0.15) is 12.3 Å². The van der Waals surface area contributed by atoms with Crippen LogP contribution in [0.15, 0.2) is 27.6 Å². The highest BCUT2D eigenvalue weighted by atomic mass is 79.9. The van der Waals surface area contributed by atoms with Gasteiger partial charge in [-0.25, -0.2) is 0 Å². The minimum absolute atomic E-state index is 0.183. The van der Waals surface area contributed by atoms with Gasteiger partial charge in [0, 0.05) is 10.0 Å². The molecule has 1 saturated heterocycles. The summed E-state index contributed by atoms with van der Waals surface area (Å²) in [6, 6.07) is 5.35. The Hall–Kier alpha value is -1.80. The van der Waals surface area contributed by atoms with Gasteiger partial charge in [-0.1, -0.05) is 29.8 Å². The number of carbonyl (C=O) groups is 3. The number of hydrogen-bond donors (Lipinski definition) is 0. The number of esters is 1. The second-order valence-corrected chi connectivity index (χ2v) is 7.64. The van der Waals surface area contributed by atoms with E-state index < -0.39 is 17.1 Å². The molecule has 1 aliphatic rings. The molecule has 1 fully saturated rings. The summed E-state index contributed by atoms with van der Waals surface area (Å²) in [6.07, 6.45) is 1.58. The maximum Gasteiger partial charge on any atom is 0.326 e. The van der Waals surface area contributed by atoms with Crippen LogP contribution in [-0.2, 0) is 14.3 Å². The van der Waals surface area contributed by atoms with E-state index in [0.29, 0.717) is 11.3 Å². The third kappa shape index (κ3) is 5.09. The maximum atomic E-state index is 12.4. The lowest BCUT2D eigenvalue weighted by Crippen LogP contribution is -2.34. The Labute approximate surface area is 158 Å². The number of imide groups is 1. The topological polar surface area (TPSA) is 72.9 Å². The van der Waals surface area contributed by atoms with Gasteiger partial charge in [0.25, 0.3) is 11.1 Å². The molecule has 0 N–H and O–H groups in total. The molecule has 0 aliphatic carbocycles. The Morgan fingerprint density at radius 3 is 2.72 bits per heavy atom. The Morgan fingerprint density at radius 1 is 1.36 bits per heavy atom. The molecule has 134 valence electrons. The minimum atomic E-state index is -0.600. The fraction of sp³-hybridized carbons (Fsp3) is 0.353. The number of benzene rings is 1. The van der Waals surface area contributed by atoms with Gasteiger partial charge in [-0.05, 0) is 42.0 Å². The van der Waals surface area contributed by atoms with Crippen LogP contribution in [0.4, 0.5) is 4.79 Å². The van der Waals surface area contributed by atoms with Crippen molar-refractivity contribution in [2.24, 2.45) is 5.92 Å². The zero-order valence-corrected chi connectivity index (χ0v) is 16.5. The van der Waals surface area contributed by atoms with Gasteiger partial charge >= 0.3 is 5.97 Å². The molecule has 0 atom stereocenters. The van der Waals surface area contributed by atoms with E-state index in [1.54, 1.807) is 18.2 Å². The van der Waals surface area contributed by atoms with Crippen molar-refractivity contribution in [3.63, 3.8) is 0 Å². The van der Waals surface area contributed by atoms with Crippen molar-refractivity contribution in [3.8, 4) is 5.75 Å². The third-order valence-corrected chi connectivity index (χ3v) is 4.62. The van der Waals surface area contributed by atoms with E-state index in [4.69, 9.17) is 9.47 Å². The molecule has 25 heavy (non-hydrogen) atoms. The summed E-state index contributed by atoms with van der Waals surface area (Å²) in [5.41, 5.74) is 0.657. The average molecular weight is 428 g/mol. The molecule has 0 saturated carbocycles. The first kappa shape index (κ1) is 19.5. The van der Waals surface area contributed by atoms with Crippen LogP contribution in [-0.4, -0.2) is 42.3 Å². The van der Waals surface area contributed by atoms with Crippen molar-refractivity contribution in [1.29, 1.82) is 0 Å². The van der Waals surface area contributed by atoms with Crippen molar-refractivity contribution in [3.05, 3.63) is 33.1 Å². The van der Waals surface area contributed by atoms with Crippen LogP contribution in [0.5, 0.6) is 5.75 Å². The number of carbonyl (C=O) groups excluding carboxylic acids is 3. The molecule has 8 heteroatoms. The van der Waals surface area contributed by atoms with Gasteiger partial charge < -0.3 is 9.47 Å². The Balaban J connectivity index is 2.15. The predicted molar refractivity (Wildman–Crippen MR) is 99.2 cm³/mol. The van der Waals surface area contributed by atoms with Crippen molar-refractivity contribution in [2.45, 2.75) is 13.8 Å². The van der Waals surface area contributed by atoms with Gasteiger partial charge in [0.15, 0.2) is 0 Å². The highest BCUT2D eigenvalue weighted by molar-refractivity contribution is 9.10. The van der Waals surface area contributed by atoms with Gasteiger partial charge in [-0.2, -0.15) is 0 Å². The molecular weight excluding hydrogens is 410 g/mol. The van der Waals surface area contributed by atoms with Crippen LogP contribution in [0, 0.1) is 5.92 Å². The molecule has 0 radical (unpaired) electrons. The van der Waals surface area contributed by atoms with E-state index in [9.17, 15) is 14.4 Å². The van der Waals surface area contributed by atoms with Gasteiger partial charge in [0.2, 0.25) is 0 Å². The van der Waals surface area contributed by atoms with Crippen LogP contribution >= 0.6 is 27.7 Å². The van der Waals surface area contributed by atoms with Gasteiger partial charge in [0.05, 0.1) is 18.6 Å². The van der Waals surface area contributed by atoms with Crippen LogP contribution in [0.2, 0.25) is 0 Å². The summed E-state index contributed by atoms with van der Waals surface area (Å²) in [6.45, 7) is 3.67. The molecule has 2 amide bonds. The van der Waals surface area contributed by atoms with E-state index >= 15 is 0 Å². The summed E-state index contributed by atoms with van der Waals surface area (Å²) in [4.78, 5) is 37.4. The zero-order valence-electron chi connectivity index (χ0n) is 14.1. The van der Waals surface area contributed by atoms with Gasteiger partial charge in [-0.15, -0.1) is 0 Å². The summed E-state index contributed by atoms with van der Waals surface area (Å²) in [5.74, 6) is -0.357. The number of methoxy groups -OCH3 is 1. The Kier molecular flexibility index (Phi) is 6.66. The number of hydrogen-bond acceptors (Lipinski definition) is 6. The highest BCUT2D eigenvalue weighted by Gasteiger charge is 2.36. The number of amides is 2. The third-order valence-electron chi connectivity index (χ3n) is 3.22. The van der Waals surface area contributed by atoms with Gasteiger partial charge in [-0.3, -0.25) is 19.3 Å². The van der Waals surface area contributed by atoms with E-state index in [0.717, 1.165) is 21.1 Å². The normalized spacial score (nSPS) is 16.0. The van der Waals surface area contributed by atoms with Crippen LogP contribution in [0.25, 0.3) is 6.08 Å². The quantitative estimate of drug-likeness (QED) is 0.508. The predicted octanol–water partition coefficient (Wildman–Crippen LogP) is 3.69. The summed E-state index contributed by atoms with van der Waals surface area (Å²) in [7, 11) is 1.52. The number of rotatable bonds is 6. The lowest BCUT2D eigenvalue weighted by atomic mass is 10.2. The molecule has 0 bridgehead atoms. The van der Waals surface area contributed by atoms with Crippen molar-refractivity contribution < 1.29 is 23.9 Å². The molecule has 0 unspecified atom stereocenters. The molecule has 1 heterocycles. The first-order valence-electron chi connectivity index (χ1n) is 7.56. The summed E-state index contributed by atoms with van der Waals surface area (Å²) >= 11 is 4.15. The van der Waals surface area contributed by atoms with E-state index in [1.165, 1.54) is 7.11 Å². The van der Waals surface area contributed by atoms with Crippen LogP contribution in [0.1, 0.15) is 19.4 Å². The highest BCUT2D eigenvalue weighted by Crippen LogP contribution is 2.34. The number of ether oxygens (including phenoxy) is 2. The second kappa shape index (κ2) is 8.53. The second-order valence-electron chi connectivity index (χ2n) is 5.73. The molecule has 1 aliphatic heterocycles. The van der Waals surface area contributed by atoms with Crippen molar-refractivity contribution in [1.82, 2.24) is 4.90 Å². The molecule has 0 aromatic heterocycles. The smallest absolute Gasteiger partial charge is 0.326 e. The molecule has 1 aromatic rings. The Bertz CT molecular complexity index is 732. The maximum absolute atomic E-state index is 12.4. The largest absolute Gasteiger partial charge is 0.496 e. The van der Waals surface area contributed by atoms with Crippen LogP contribution in [0.3, 0.4) is 0 Å². The molecule has 0 spiro atoms. The minimum Gasteiger partial charge on any atom is -0.496 e. The van der Waals surface area contributed by atoms with E-state index in [2.05, 4.69) is 15.9 Å². The average Bonchev–Trinajstić information content (AvgIpc) is 2.81. The summed E-state index contributed by atoms with van der Waals surface area (Å²) in [5, 5.41) is -0.494. The number of halogens is 1. The zero-order chi connectivity index (χ0) is 18.6.